The van der Waals surface area contributed by atoms with Crippen LogP contribution in [0.2, 0.25) is 0 Å². The van der Waals surface area contributed by atoms with E-state index in [0.717, 1.165) is 18.9 Å². The zero-order valence-corrected chi connectivity index (χ0v) is 14.6. The number of nitrogens with zero attached hydrogens (tertiary/aromatic N) is 1. The van der Waals surface area contributed by atoms with Gasteiger partial charge in [0.2, 0.25) is 0 Å². The van der Waals surface area contributed by atoms with E-state index in [9.17, 15) is 22.7 Å². The van der Waals surface area contributed by atoms with Gasteiger partial charge >= 0.3 is 6.18 Å². The fourth-order valence-corrected chi connectivity index (χ4v) is 2.98. The molecule has 2 aromatic rings. The molecule has 27 heavy (non-hydrogen) atoms. The lowest BCUT2D eigenvalue weighted by Crippen LogP contribution is -2.37. The third-order valence-electron chi connectivity index (χ3n) is 4.46. The number of aliphatic hydroxyl groups is 1. The standard InChI is InChI=1S/C20H21F4NO2/c21-15-5-9-18(10-6-15)27-13-17(26)12-25(16-7-8-16)11-14-3-1-2-4-19(14)20(22,23)24/h1-6,9-10,16-17,26H,7-8,11-13H2. The zero-order valence-electron chi connectivity index (χ0n) is 14.6. The summed E-state index contributed by atoms with van der Waals surface area (Å²) in [5.41, 5.74) is -0.448. The van der Waals surface area contributed by atoms with E-state index in [1.807, 2.05) is 4.90 Å². The number of ether oxygens (including phenoxy) is 1. The third kappa shape index (κ3) is 5.68. The minimum atomic E-state index is -4.41. The van der Waals surface area contributed by atoms with Crippen molar-refractivity contribution in [2.75, 3.05) is 13.2 Å². The van der Waals surface area contributed by atoms with Gasteiger partial charge in [0.15, 0.2) is 0 Å². The molecule has 0 aromatic heterocycles. The van der Waals surface area contributed by atoms with Gasteiger partial charge in [-0.1, -0.05) is 18.2 Å². The summed E-state index contributed by atoms with van der Waals surface area (Å²) in [4.78, 5) is 1.86. The molecular formula is C20H21F4NO2. The van der Waals surface area contributed by atoms with E-state index in [4.69, 9.17) is 4.74 Å². The highest BCUT2D eigenvalue weighted by atomic mass is 19.4. The van der Waals surface area contributed by atoms with Crippen molar-refractivity contribution in [1.82, 2.24) is 4.90 Å². The van der Waals surface area contributed by atoms with E-state index >= 15 is 0 Å². The summed E-state index contributed by atoms with van der Waals surface area (Å²) in [5.74, 6) is 0.0435. The van der Waals surface area contributed by atoms with Crippen molar-refractivity contribution in [1.29, 1.82) is 0 Å². The van der Waals surface area contributed by atoms with Crippen molar-refractivity contribution in [2.45, 2.75) is 37.7 Å². The summed E-state index contributed by atoms with van der Waals surface area (Å²) >= 11 is 0. The summed E-state index contributed by atoms with van der Waals surface area (Å²) in [6.07, 6.45) is -3.47. The van der Waals surface area contributed by atoms with Crippen molar-refractivity contribution in [2.24, 2.45) is 0 Å². The van der Waals surface area contributed by atoms with E-state index in [0.29, 0.717) is 5.75 Å². The zero-order chi connectivity index (χ0) is 19.4. The Morgan fingerprint density at radius 1 is 1.07 bits per heavy atom. The molecule has 1 fully saturated rings. The van der Waals surface area contributed by atoms with Gasteiger partial charge in [0, 0.05) is 19.1 Å². The van der Waals surface area contributed by atoms with Gasteiger partial charge in [0.25, 0.3) is 0 Å². The SMILES string of the molecule is OC(COc1ccc(F)cc1)CN(Cc1ccccc1C(F)(F)F)C1CC1. The molecule has 2 aromatic carbocycles. The molecule has 1 aliphatic rings. The predicted molar refractivity (Wildman–Crippen MR) is 92.8 cm³/mol. The first kappa shape index (κ1) is 19.6. The topological polar surface area (TPSA) is 32.7 Å². The summed E-state index contributed by atoms with van der Waals surface area (Å²) in [7, 11) is 0. The molecule has 0 spiro atoms. The number of hydrogen-bond donors (Lipinski definition) is 1. The average Bonchev–Trinajstić information content (AvgIpc) is 3.45. The van der Waals surface area contributed by atoms with E-state index in [1.165, 1.54) is 36.4 Å². The van der Waals surface area contributed by atoms with Gasteiger partial charge in [-0.2, -0.15) is 13.2 Å². The summed E-state index contributed by atoms with van der Waals surface area (Å²) in [6, 6.07) is 11.1. The molecule has 3 rings (SSSR count). The molecule has 1 unspecified atom stereocenters. The smallest absolute Gasteiger partial charge is 0.416 e. The van der Waals surface area contributed by atoms with Crippen molar-refractivity contribution in [3.05, 3.63) is 65.5 Å². The van der Waals surface area contributed by atoms with Crippen LogP contribution in [0.1, 0.15) is 24.0 Å². The van der Waals surface area contributed by atoms with E-state index < -0.39 is 17.8 Å². The lowest BCUT2D eigenvalue weighted by atomic mass is 10.1. The third-order valence-corrected chi connectivity index (χ3v) is 4.46. The summed E-state index contributed by atoms with van der Waals surface area (Å²) in [6.45, 7) is 0.307. The second-order valence-electron chi connectivity index (χ2n) is 6.73. The maximum atomic E-state index is 13.2. The van der Waals surface area contributed by atoms with Crippen LogP contribution in [0.4, 0.5) is 17.6 Å². The van der Waals surface area contributed by atoms with Crippen LogP contribution in [0.3, 0.4) is 0 Å². The number of halogens is 4. The van der Waals surface area contributed by atoms with E-state index in [-0.39, 0.29) is 37.1 Å². The van der Waals surface area contributed by atoms with Gasteiger partial charge in [-0.05, 0) is 48.7 Å². The molecule has 146 valence electrons. The molecule has 1 aliphatic carbocycles. The lowest BCUT2D eigenvalue weighted by molar-refractivity contribution is -0.138. The molecule has 3 nitrogen and oxygen atoms in total. The molecule has 0 aliphatic heterocycles. The summed E-state index contributed by atoms with van der Waals surface area (Å²) < 4.78 is 57.9. The molecule has 0 saturated heterocycles. The van der Waals surface area contributed by atoms with Crippen LogP contribution in [-0.4, -0.2) is 35.3 Å². The second-order valence-corrected chi connectivity index (χ2v) is 6.73. The van der Waals surface area contributed by atoms with Crippen LogP contribution in [-0.2, 0) is 12.7 Å². The fourth-order valence-electron chi connectivity index (χ4n) is 2.98. The Bertz CT molecular complexity index is 744. The van der Waals surface area contributed by atoms with Crippen LogP contribution in [0.5, 0.6) is 5.75 Å². The first-order valence-corrected chi connectivity index (χ1v) is 8.78. The van der Waals surface area contributed by atoms with Crippen molar-refractivity contribution in [3.63, 3.8) is 0 Å². The molecule has 1 atom stereocenters. The fraction of sp³-hybridized carbons (Fsp3) is 0.400. The van der Waals surface area contributed by atoms with Gasteiger partial charge in [-0.15, -0.1) is 0 Å². The van der Waals surface area contributed by atoms with Crippen molar-refractivity contribution >= 4 is 0 Å². The Morgan fingerprint density at radius 3 is 2.37 bits per heavy atom. The molecule has 1 saturated carbocycles. The molecule has 0 radical (unpaired) electrons. The largest absolute Gasteiger partial charge is 0.491 e. The first-order valence-electron chi connectivity index (χ1n) is 8.78. The highest BCUT2D eigenvalue weighted by Gasteiger charge is 2.35. The predicted octanol–water partition coefficient (Wildman–Crippen LogP) is 4.25. The monoisotopic (exact) mass is 383 g/mol. The van der Waals surface area contributed by atoms with Crippen LogP contribution in [0.15, 0.2) is 48.5 Å². The Balaban J connectivity index is 1.60. The van der Waals surface area contributed by atoms with Crippen LogP contribution < -0.4 is 4.74 Å². The highest BCUT2D eigenvalue weighted by Crippen LogP contribution is 2.34. The molecule has 0 amide bonds. The second kappa shape index (κ2) is 8.27. The molecule has 0 bridgehead atoms. The van der Waals surface area contributed by atoms with Crippen LogP contribution >= 0.6 is 0 Å². The number of rotatable bonds is 8. The average molecular weight is 383 g/mol. The van der Waals surface area contributed by atoms with Gasteiger partial charge in [0.1, 0.15) is 24.3 Å². The lowest BCUT2D eigenvalue weighted by Gasteiger charge is -2.26. The molecular weight excluding hydrogens is 362 g/mol. The Hall–Kier alpha value is -2.12. The minimum Gasteiger partial charge on any atom is -0.491 e. The number of aliphatic hydroxyl groups excluding tert-OH is 1. The Kier molecular flexibility index (Phi) is 6.01. The number of benzene rings is 2. The quantitative estimate of drug-likeness (QED) is 0.692. The Morgan fingerprint density at radius 2 is 1.74 bits per heavy atom. The maximum Gasteiger partial charge on any atom is 0.416 e. The van der Waals surface area contributed by atoms with Gasteiger partial charge in [-0.25, -0.2) is 4.39 Å². The van der Waals surface area contributed by atoms with Gasteiger partial charge in [0.05, 0.1) is 5.56 Å². The highest BCUT2D eigenvalue weighted by molar-refractivity contribution is 5.29. The van der Waals surface area contributed by atoms with E-state index in [1.54, 1.807) is 6.07 Å². The normalized spacial score (nSPS) is 15.8. The number of hydrogen-bond acceptors (Lipinski definition) is 3. The van der Waals surface area contributed by atoms with E-state index in [2.05, 4.69) is 0 Å². The van der Waals surface area contributed by atoms with Crippen LogP contribution in [0, 0.1) is 5.82 Å². The maximum absolute atomic E-state index is 13.2. The van der Waals surface area contributed by atoms with Gasteiger partial charge < -0.3 is 9.84 Å². The minimum absolute atomic E-state index is 0.0181. The summed E-state index contributed by atoms with van der Waals surface area (Å²) in [5, 5.41) is 10.3. The van der Waals surface area contributed by atoms with Crippen LogP contribution in [0.25, 0.3) is 0 Å². The Labute approximate surface area is 155 Å². The van der Waals surface area contributed by atoms with Gasteiger partial charge in [-0.3, -0.25) is 4.90 Å². The van der Waals surface area contributed by atoms with Crippen molar-refractivity contribution in [3.8, 4) is 5.75 Å². The number of alkyl halides is 3. The van der Waals surface area contributed by atoms with Crippen molar-refractivity contribution < 1.29 is 27.4 Å². The first-order chi connectivity index (χ1) is 12.8. The molecule has 1 N–H and O–H groups in total. The molecule has 7 heteroatoms. The molecule has 0 heterocycles.